The summed E-state index contributed by atoms with van der Waals surface area (Å²) in [4.78, 5) is 35.9. The second kappa shape index (κ2) is 3.02. The van der Waals surface area contributed by atoms with Gasteiger partial charge in [0.15, 0.2) is 5.41 Å². The van der Waals surface area contributed by atoms with Gasteiger partial charge in [-0.2, -0.15) is 5.26 Å². The molecule has 0 aromatic rings. The third-order valence-electron chi connectivity index (χ3n) is 4.54. The van der Waals surface area contributed by atoms with Crippen LogP contribution in [0.5, 0.6) is 0 Å². The Morgan fingerprint density at radius 2 is 1.89 bits per heavy atom. The Kier molecular flexibility index (Phi) is 2.07. The Labute approximate surface area is 104 Å². The molecular weight excluding hydrogens is 236 g/mol. The number of piperidine rings is 1. The van der Waals surface area contributed by atoms with E-state index in [0.717, 1.165) is 0 Å². The molecule has 2 saturated heterocycles. The van der Waals surface area contributed by atoms with Gasteiger partial charge in [0.05, 0.1) is 6.07 Å². The Morgan fingerprint density at radius 3 is 2.33 bits per heavy atom. The minimum absolute atomic E-state index is 0.656. The Morgan fingerprint density at radius 1 is 1.33 bits per heavy atom. The van der Waals surface area contributed by atoms with Crippen LogP contribution in [0.4, 0.5) is 0 Å². The van der Waals surface area contributed by atoms with E-state index in [1.54, 1.807) is 26.8 Å². The Bertz CT molecular complexity index is 521. The fourth-order valence-corrected chi connectivity index (χ4v) is 3.07. The predicted molar refractivity (Wildman–Crippen MR) is 59.2 cm³/mol. The first-order chi connectivity index (χ1) is 8.15. The van der Waals surface area contributed by atoms with E-state index >= 15 is 0 Å². The van der Waals surface area contributed by atoms with Gasteiger partial charge < -0.3 is 16.4 Å². The fraction of sp³-hybridized carbons (Fsp3) is 0.636. The predicted octanol–water partition coefficient (Wildman–Crippen LogP) is -1.40. The van der Waals surface area contributed by atoms with Crippen LogP contribution in [0, 0.1) is 28.1 Å². The minimum Gasteiger partial charge on any atom is -0.369 e. The maximum Gasteiger partial charge on any atom is 0.240 e. The molecule has 2 heterocycles. The van der Waals surface area contributed by atoms with E-state index in [4.69, 9.17) is 11.0 Å². The van der Waals surface area contributed by atoms with Crippen molar-refractivity contribution in [2.75, 3.05) is 0 Å². The van der Waals surface area contributed by atoms with Crippen molar-refractivity contribution in [1.82, 2.24) is 10.6 Å². The summed E-state index contributed by atoms with van der Waals surface area (Å²) in [5.41, 5.74) is 1.43. The molecule has 3 atom stereocenters. The number of fused-ring (bicyclic) bond motifs is 2. The van der Waals surface area contributed by atoms with Gasteiger partial charge in [0, 0.05) is 5.41 Å². The fourth-order valence-electron chi connectivity index (χ4n) is 3.07. The van der Waals surface area contributed by atoms with Gasteiger partial charge >= 0.3 is 0 Å². The molecule has 2 rings (SSSR count). The lowest BCUT2D eigenvalue weighted by molar-refractivity contribution is -0.159. The number of nitriles is 1. The second-order valence-corrected chi connectivity index (χ2v) is 5.43. The van der Waals surface area contributed by atoms with E-state index in [-0.39, 0.29) is 0 Å². The molecule has 0 aliphatic carbocycles. The van der Waals surface area contributed by atoms with Gasteiger partial charge in [0.25, 0.3) is 0 Å². The number of nitrogens with one attached hydrogen (secondary N) is 2. The standard InChI is InChI=1S/C11H14N4O3/c1-9(2)10(3)14-6(16)5(4-12)11(9,7(13)17)8(18)15-10/h5H,1-3H3,(H2,13,17)(H,14,16)(H,15,18). The molecule has 3 amide bonds. The van der Waals surface area contributed by atoms with Crippen molar-refractivity contribution in [3.63, 3.8) is 0 Å². The van der Waals surface area contributed by atoms with Crippen molar-refractivity contribution in [3.8, 4) is 6.07 Å². The third kappa shape index (κ3) is 0.929. The molecule has 3 unspecified atom stereocenters. The van der Waals surface area contributed by atoms with E-state index in [1.807, 2.05) is 0 Å². The number of primary amides is 1. The van der Waals surface area contributed by atoms with Crippen LogP contribution >= 0.6 is 0 Å². The monoisotopic (exact) mass is 250 g/mol. The summed E-state index contributed by atoms with van der Waals surface area (Å²) >= 11 is 0. The van der Waals surface area contributed by atoms with Crippen molar-refractivity contribution in [3.05, 3.63) is 0 Å². The molecule has 4 N–H and O–H groups in total. The van der Waals surface area contributed by atoms with Gasteiger partial charge in [-0.05, 0) is 6.92 Å². The quantitative estimate of drug-likeness (QED) is 0.495. The number of hydrogen-bond donors (Lipinski definition) is 3. The highest BCUT2D eigenvalue weighted by molar-refractivity contribution is 6.13. The lowest BCUT2D eigenvalue weighted by Crippen LogP contribution is -2.71. The van der Waals surface area contributed by atoms with Gasteiger partial charge in [0.1, 0.15) is 11.6 Å². The van der Waals surface area contributed by atoms with Crippen LogP contribution in [0.15, 0.2) is 0 Å². The molecule has 0 saturated carbocycles. The van der Waals surface area contributed by atoms with Crippen LogP contribution < -0.4 is 16.4 Å². The van der Waals surface area contributed by atoms with Gasteiger partial charge in [0.2, 0.25) is 17.7 Å². The molecule has 0 aromatic heterocycles. The summed E-state index contributed by atoms with van der Waals surface area (Å²) < 4.78 is 0. The molecular formula is C11H14N4O3. The van der Waals surface area contributed by atoms with Crippen molar-refractivity contribution in [2.45, 2.75) is 26.4 Å². The van der Waals surface area contributed by atoms with Crippen LogP contribution in [-0.4, -0.2) is 23.4 Å². The molecule has 0 radical (unpaired) electrons. The number of carbonyl (C=O) groups is 3. The van der Waals surface area contributed by atoms with Gasteiger partial charge in [-0.3, -0.25) is 14.4 Å². The largest absolute Gasteiger partial charge is 0.369 e. The zero-order valence-electron chi connectivity index (χ0n) is 10.3. The van der Waals surface area contributed by atoms with E-state index < -0.39 is 40.1 Å². The highest BCUT2D eigenvalue weighted by Crippen LogP contribution is 2.57. The van der Waals surface area contributed by atoms with E-state index in [9.17, 15) is 14.4 Å². The van der Waals surface area contributed by atoms with Crippen LogP contribution in [0.2, 0.25) is 0 Å². The van der Waals surface area contributed by atoms with Crippen molar-refractivity contribution < 1.29 is 14.4 Å². The zero-order chi connectivity index (χ0) is 13.9. The highest BCUT2D eigenvalue weighted by Gasteiger charge is 2.77. The Balaban J connectivity index is 2.81. The molecule has 7 nitrogen and oxygen atoms in total. The summed E-state index contributed by atoms with van der Waals surface area (Å²) in [5.74, 6) is -3.69. The molecule has 2 aliphatic heterocycles. The first kappa shape index (κ1) is 12.4. The first-order valence-electron chi connectivity index (χ1n) is 5.49. The second-order valence-electron chi connectivity index (χ2n) is 5.43. The molecule has 0 aromatic carbocycles. The first-order valence-corrected chi connectivity index (χ1v) is 5.49. The number of rotatable bonds is 1. The minimum atomic E-state index is -1.83. The number of carbonyl (C=O) groups excluding carboxylic acids is 3. The normalized spacial score (nSPS) is 40.7. The van der Waals surface area contributed by atoms with Crippen LogP contribution in [0.1, 0.15) is 20.8 Å². The van der Waals surface area contributed by atoms with Crippen molar-refractivity contribution in [1.29, 1.82) is 5.26 Å². The molecule has 0 spiro atoms. The average Bonchev–Trinajstić information content (AvgIpc) is 2.32. The topological polar surface area (TPSA) is 125 Å². The average molecular weight is 250 g/mol. The molecule has 2 aliphatic rings. The lowest BCUT2D eigenvalue weighted by atomic mass is 9.54. The SMILES string of the molecule is CC12NC(=O)C(C#N)C(C(N)=O)(C(=O)N1)C2(C)C. The smallest absolute Gasteiger partial charge is 0.240 e. The lowest BCUT2D eigenvalue weighted by Gasteiger charge is -2.49. The number of nitrogens with two attached hydrogens (primary N) is 1. The van der Waals surface area contributed by atoms with Crippen LogP contribution in [-0.2, 0) is 14.4 Å². The number of nitrogens with zero attached hydrogens (tertiary/aromatic N) is 1. The molecule has 2 bridgehead atoms. The highest BCUT2D eigenvalue weighted by atomic mass is 16.2. The third-order valence-corrected chi connectivity index (χ3v) is 4.54. The van der Waals surface area contributed by atoms with E-state index in [1.165, 1.54) is 0 Å². The number of amides is 3. The van der Waals surface area contributed by atoms with Gasteiger partial charge in [-0.25, -0.2) is 0 Å². The van der Waals surface area contributed by atoms with E-state index in [2.05, 4.69) is 10.6 Å². The molecule has 18 heavy (non-hydrogen) atoms. The van der Waals surface area contributed by atoms with Gasteiger partial charge in [-0.1, -0.05) is 13.8 Å². The molecule has 96 valence electrons. The van der Waals surface area contributed by atoms with Crippen LogP contribution in [0.3, 0.4) is 0 Å². The molecule has 2 fully saturated rings. The molecule has 7 heteroatoms. The van der Waals surface area contributed by atoms with Crippen molar-refractivity contribution in [2.24, 2.45) is 22.5 Å². The van der Waals surface area contributed by atoms with E-state index in [0.29, 0.717) is 0 Å². The summed E-state index contributed by atoms with van der Waals surface area (Å²) in [7, 11) is 0. The maximum atomic E-state index is 12.2. The zero-order valence-corrected chi connectivity index (χ0v) is 10.3. The van der Waals surface area contributed by atoms with Crippen LogP contribution in [0.25, 0.3) is 0 Å². The summed E-state index contributed by atoms with van der Waals surface area (Å²) in [6.07, 6.45) is 0. The summed E-state index contributed by atoms with van der Waals surface area (Å²) in [5, 5.41) is 14.3. The summed E-state index contributed by atoms with van der Waals surface area (Å²) in [6.45, 7) is 4.87. The van der Waals surface area contributed by atoms with Crippen molar-refractivity contribution >= 4 is 17.7 Å². The summed E-state index contributed by atoms with van der Waals surface area (Å²) in [6, 6.07) is 1.73. The van der Waals surface area contributed by atoms with Gasteiger partial charge in [-0.15, -0.1) is 0 Å². The maximum absolute atomic E-state index is 12.2. The Hall–Kier alpha value is -2.10. The number of hydrogen-bond acceptors (Lipinski definition) is 4.